The fourth-order valence-electron chi connectivity index (χ4n) is 2.79. The molecule has 7 heteroatoms. The number of nitrogens with one attached hydrogen (secondary N) is 2. The number of carbonyl (C=O) groups excluding carboxylic acids is 2. The van der Waals surface area contributed by atoms with Gasteiger partial charge in [-0.15, -0.1) is 0 Å². The van der Waals surface area contributed by atoms with Crippen molar-refractivity contribution in [3.63, 3.8) is 0 Å². The zero-order chi connectivity index (χ0) is 19.4. The number of nitrogens with zero attached hydrogens (tertiary/aromatic N) is 1. The molecule has 0 unspecified atom stereocenters. The maximum atomic E-state index is 13.6. The van der Waals surface area contributed by atoms with Gasteiger partial charge in [0.25, 0.3) is 0 Å². The number of aliphatic imine (C=N–C) groups is 1. The molecule has 0 radical (unpaired) electrons. The molecule has 1 saturated heterocycles. The van der Waals surface area contributed by atoms with E-state index in [4.69, 9.17) is 0 Å². The normalized spacial score (nSPS) is 17.8. The van der Waals surface area contributed by atoms with Crippen LogP contribution in [0.3, 0.4) is 0 Å². The number of amides is 2. The second-order valence-corrected chi connectivity index (χ2v) is 7.37. The zero-order valence-corrected chi connectivity index (χ0v) is 15.9. The first-order valence-corrected chi connectivity index (χ1v) is 9.55. The minimum Gasteiger partial charge on any atom is -0.324 e. The highest BCUT2D eigenvalue weighted by Gasteiger charge is 2.32. The third kappa shape index (κ3) is 4.54. The summed E-state index contributed by atoms with van der Waals surface area (Å²) < 4.78 is 13.6. The van der Waals surface area contributed by atoms with Gasteiger partial charge in [0.15, 0.2) is 5.17 Å². The highest BCUT2D eigenvalue weighted by atomic mass is 32.2. The highest BCUT2D eigenvalue weighted by Crippen LogP contribution is 2.29. The van der Waals surface area contributed by atoms with E-state index in [9.17, 15) is 14.0 Å². The van der Waals surface area contributed by atoms with Gasteiger partial charge in [-0.2, -0.15) is 0 Å². The van der Waals surface area contributed by atoms with Crippen molar-refractivity contribution in [2.24, 2.45) is 4.99 Å². The average Bonchev–Trinajstić information content (AvgIpc) is 2.98. The van der Waals surface area contributed by atoms with Gasteiger partial charge in [-0.3, -0.25) is 9.59 Å². The van der Waals surface area contributed by atoms with E-state index >= 15 is 0 Å². The van der Waals surface area contributed by atoms with Crippen LogP contribution in [0.2, 0.25) is 0 Å². The van der Waals surface area contributed by atoms with Gasteiger partial charge in [-0.1, -0.05) is 49.0 Å². The lowest BCUT2D eigenvalue weighted by Crippen LogP contribution is -2.28. The fraction of sp³-hybridized carbons (Fsp3) is 0.250. The SMILES string of the molecule is CCc1cccc(C)c1N=C1NC(=O)[C@H](CC(=O)Nc2ccccc2F)S1. The molecule has 27 heavy (non-hydrogen) atoms. The summed E-state index contributed by atoms with van der Waals surface area (Å²) in [5.41, 5.74) is 3.07. The van der Waals surface area contributed by atoms with Crippen LogP contribution in [0.1, 0.15) is 24.5 Å². The summed E-state index contributed by atoms with van der Waals surface area (Å²) in [6.45, 7) is 4.02. The molecule has 0 spiro atoms. The Labute approximate surface area is 161 Å². The van der Waals surface area contributed by atoms with E-state index in [-0.39, 0.29) is 18.0 Å². The Morgan fingerprint density at radius 3 is 2.78 bits per heavy atom. The standard InChI is InChI=1S/C20H20FN3O2S/c1-3-13-8-6-7-12(2)18(13)23-20-24-19(26)16(27-20)11-17(25)22-15-10-5-4-9-14(15)21/h4-10,16H,3,11H2,1-2H3,(H,22,25)(H,23,24,26)/t16-/m0/s1. The van der Waals surface area contributed by atoms with Crippen molar-refractivity contribution in [2.45, 2.75) is 31.9 Å². The number of para-hydroxylation sites is 2. The number of halogens is 1. The van der Waals surface area contributed by atoms with Gasteiger partial charge in [-0.25, -0.2) is 9.38 Å². The smallest absolute Gasteiger partial charge is 0.240 e. The molecule has 2 N–H and O–H groups in total. The Morgan fingerprint density at radius 2 is 2.04 bits per heavy atom. The maximum Gasteiger partial charge on any atom is 0.240 e. The Bertz CT molecular complexity index is 914. The van der Waals surface area contributed by atoms with Gasteiger partial charge < -0.3 is 10.6 Å². The van der Waals surface area contributed by atoms with Crippen molar-refractivity contribution in [2.75, 3.05) is 5.32 Å². The Kier molecular flexibility index (Phi) is 5.91. The molecule has 0 aliphatic carbocycles. The van der Waals surface area contributed by atoms with E-state index < -0.39 is 17.0 Å². The van der Waals surface area contributed by atoms with Crippen LogP contribution in [-0.2, 0) is 16.0 Å². The van der Waals surface area contributed by atoms with E-state index in [0.29, 0.717) is 5.17 Å². The quantitative estimate of drug-likeness (QED) is 0.819. The summed E-state index contributed by atoms with van der Waals surface area (Å²) in [7, 11) is 0. The van der Waals surface area contributed by atoms with Gasteiger partial charge in [0.2, 0.25) is 11.8 Å². The molecule has 1 fully saturated rings. The Balaban J connectivity index is 1.69. The summed E-state index contributed by atoms with van der Waals surface area (Å²) in [6, 6.07) is 11.9. The van der Waals surface area contributed by atoms with Gasteiger partial charge in [0.05, 0.1) is 11.4 Å². The van der Waals surface area contributed by atoms with Crippen molar-refractivity contribution in [3.8, 4) is 0 Å². The first-order chi connectivity index (χ1) is 13.0. The lowest BCUT2D eigenvalue weighted by Gasteiger charge is -2.08. The molecule has 2 aromatic carbocycles. The number of carbonyl (C=O) groups is 2. The molecule has 0 aromatic heterocycles. The molecule has 5 nitrogen and oxygen atoms in total. The van der Waals surface area contributed by atoms with Crippen molar-refractivity contribution in [3.05, 3.63) is 59.4 Å². The summed E-state index contributed by atoms with van der Waals surface area (Å²) >= 11 is 1.22. The zero-order valence-electron chi connectivity index (χ0n) is 15.1. The molecule has 140 valence electrons. The molecule has 0 saturated carbocycles. The van der Waals surface area contributed by atoms with Crippen LogP contribution in [0.4, 0.5) is 15.8 Å². The lowest BCUT2D eigenvalue weighted by molar-refractivity contribution is -0.122. The average molecular weight is 385 g/mol. The van der Waals surface area contributed by atoms with Crippen LogP contribution in [0.15, 0.2) is 47.5 Å². The first-order valence-electron chi connectivity index (χ1n) is 8.67. The maximum absolute atomic E-state index is 13.6. The third-order valence-electron chi connectivity index (χ3n) is 4.21. The minimum atomic E-state index is -0.593. The van der Waals surface area contributed by atoms with E-state index in [1.165, 1.54) is 23.9 Å². The molecule has 3 rings (SSSR count). The van der Waals surface area contributed by atoms with Crippen molar-refractivity contribution < 1.29 is 14.0 Å². The summed E-state index contributed by atoms with van der Waals surface area (Å²) in [4.78, 5) is 29.0. The lowest BCUT2D eigenvalue weighted by atomic mass is 10.1. The summed E-state index contributed by atoms with van der Waals surface area (Å²) in [5, 5.41) is 5.12. The molecule has 0 bridgehead atoms. The molecule has 1 atom stereocenters. The van der Waals surface area contributed by atoms with Crippen LogP contribution in [-0.4, -0.2) is 22.2 Å². The number of hydrogen-bond acceptors (Lipinski definition) is 4. The summed E-state index contributed by atoms with van der Waals surface area (Å²) in [5.74, 6) is -1.20. The molecule has 2 amide bonds. The second kappa shape index (κ2) is 8.35. The number of anilines is 1. The largest absolute Gasteiger partial charge is 0.324 e. The van der Waals surface area contributed by atoms with Crippen LogP contribution in [0.25, 0.3) is 0 Å². The predicted molar refractivity (Wildman–Crippen MR) is 107 cm³/mol. The second-order valence-electron chi connectivity index (χ2n) is 6.18. The number of hydrogen-bond donors (Lipinski definition) is 2. The van der Waals surface area contributed by atoms with Crippen molar-refractivity contribution in [1.82, 2.24) is 5.32 Å². The third-order valence-corrected chi connectivity index (χ3v) is 5.29. The number of benzene rings is 2. The monoisotopic (exact) mass is 385 g/mol. The van der Waals surface area contributed by atoms with Crippen molar-refractivity contribution in [1.29, 1.82) is 0 Å². The summed E-state index contributed by atoms with van der Waals surface area (Å²) in [6.07, 6.45) is 0.777. The van der Waals surface area contributed by atoms with Crippen LogP contribution >= 0.6 is 11.8 Å². The highest BCUT2D eigenvalue weighted by molar-refractivity contribution is 8.15. The van der Waals surface area contributed by atoms with Gasteiger partial charge in [0, 0.05) is 6.42 Å². The Morgan fingerprint density at radius 1 is 1.26 bits per heavy atom. The number of rotatable bonds is 5. The van der Waals surface area contributed by atoms with Gasteiger partial charge >= 0.3 is 0 Å². The minimum absolute atomic E-state index is 0.0573. The van der Waals surface area contributed by atoms with Crippen molar-refractivity contribution >= 4 is 40.1 Å². The number of thioether (sulfide) groups is 1. The van der Waals surface area contributed by atoms with E-state index in [2.05, 4.69) is 22.5 Å². The van der Waals surface area contributed by atoms with Gasteiger partial charge in [0.1, 0.15) is 11.1 Å². The molecule has 1 aliphatic rings. The molecule has 1 heterocycles. The topological polar surface area (TPSA) is 70.6 Å². The number of amidine groups is 1. The van der Waals surface area contributed by atoms with Crippen LogP contribution in [0, 0.1) is 12.7 Å². The molecular weight excluding hydrogens is 365 g/mol. The first kappa shape index (κ1) is 19.1. The molecule has 1 aliphatic heterocycles. The molecule has 2 aromatic rings. The predicted octanol–water partition coefficient (Wildman–Crippen LogP) is 3.94. The molecular formula is C20H20FN3O2S. The van der Waals surface area contributed by atoms with Gasteiger partial charge in [-0.05, 0) is 36.6 Å². The fourth-order valence-corrected chi connectivity index (χ4v) is 3.76. The van der Waals surface area contributed by atoms with Crippen LogP contribution < -0.4 is 10.6 Å². The van der Waals surface area contributed by atoms with E-state index in [0.717, 1.165) is 23.2 Å². The van der Waals surface area contributed by atoms with E-state index in [1.54, 1.807) is 12.1 Å². The van der Waals surface area contributed by atoms with E-state index in [1.807, 2.05) is 25.1 Å². The number of aryl methyl sites for hydroxylation is 2. The Hall–Kier alpha value is -2.67. The van der Waals surface area contributed by atoms with Crippen LogP contribution in [0.5, 0.6) is 0 Å².